The fourth-order valence-electron chi connectivity index (χ4n) is 4.43. The number of aromatic nitrogens is 1. The Morgan fingerprint density at radius 1 is 1.14 bits per heavy atom. The third-order valence-corrected chi connectivity index (χ3v) is 5.66. The first-order valence-corrected chi connectivity index (χ1v) is 9.76. The van der Waals surface area contributed by atoms with Crippen LogP contribution >= 0.6 is 0 Å². The van der Waals surface area contributed by atoms with E-state index in [4.69, 9.17) is 5.73 Å². The number of amides is 2. The second kappa shape index (κ2) is 6.86. The average Bonchev–Trinajstić information content (AvgIpc) is 3.29. The first-order chi connectivity index (χ1) is 14.1. The Balaban J connectivity index is 1.73. The normalized spacial score (nSPS) is 16.2. The molecule has 29 heavy (non-hydrogen) atoms. The first kappa shape index (κ1) is 17.6. The Bertz CT molecular complexity index is 1170. The Morgan fingerprint density at radius 3 is 2.72 bits per heavy atom. The minimum absolute atomic E-state index is 0.304. The van der Waals surface area contributed by atoms with Gasteiger partial charge in [0.05, 0.1) is 23.0 Å². The summed E-state index contributed by atoms with van der Waals surface area (Å²) in [6, 6.07) is 12.8. The van der Waals surface area contributed by atoms with Gasteiger partial charge in [0, 0.05) is 17.5 Å². The third kappa shape index (κ3) is 2.91. The smallest absolute Gasteiger partial charge is 0.323 e. The third-order valence-electron chi connectivity index (χ3n) is 5.66. The Morgan fingerprint density at radius 2 is 1.93 bits per heavy atom. The van der Waals surface area contributed by atoms with Crippen LogP contribution in [0.15, 0.2) is 47.6 Å². The lowest BCUT2D eigenvalue weighted by atomic mass is 10.0. The summed E-state index contributed by atoms with van der Waals surface area (Å²) in [6.45, 7) is 3.10. The van der Waals surface area contributed by atoms with E-state index >= 15 is 0 Å². The molecule has 2 aliphatic heterocycles. The topological polar surface area (TPSA) is 92.7 Å². The van der Waals surface area contributed by atoms with Crippen molar-refractivity contribution in [3.63, 3.8) is 0 Å². The van der Waals surface area contributed by atoms with E-state index in [1.165, 1.54) is 23.0 Å². The van der Waals surface area contributed by atoms with Crippen LogP contribution in [0.1, 0.15) is 34.3 Å². The van der Waals surface area contributed by atoms with Gasteiger partial charge in [-0.2, -0.15) is 5.10 Å². The summed E-state index contributed by atoms with van der Waals surface area (Å²) in [5, 5.41) is 4.74. The molecule has 3 aromatic rings. The van der Waals surface area contributed by atoms with E-state index in [9.17, 15) is 9.59 Å². The van der Waals surface area contributed by atoms with Crippen molar-refractivity contribution >= 4 is 29.1 Å². The van der Waals surface area contributed by atoms with E-state index < -0.39 is 6.03 Å². The van der Waals surface area contributed by atoms with Crippen LogP contribution in [0, 0.1) is 0 Å². The highest BCUT2D eigenvalue weighted by atomic mass is 16.2. The van der Waals surface area contributed by atoms with Crippen molar-refractivity contribution in [3.05, 3.63) is 59.2 Å². The monoisotopic (exact) mass is 387 g/mol. The van der Waals surface area contributed by atoms with E-state index in [0.29, 0.717) is 27.7 Å². The molecule has 2 amide bonds. The highest BCUT2D eigenvalue weighted by Crippen LogP contribution is 2.36. The molecule has 146 valence electrons. The van der Waals surface area contributed by atoms with Gasteiger partial charge in [-0.05, 0) is 55.3 Å². The number of primary amides is 1. The number of nitrogens with zero attached hydrogens (tertiary/aromatic N) is 3. The molecule has 7 heteroatoms. The molecule has 7 nitrogen and oxygen atoms in total. The molecule has 0 radical (unpaired) electrons. The molecule has 0 saturated carbocycles. The summed E-state index contributed by atoms with van der Waals surface area (Å²) in [5.74, 6) is -0.304. The summed E-state index contributed by atoms with van der Waals surface area (Å²) in [6.07, 6.45) is 4.07. The second-order valence-electron chi connectivity index (χ2n) is 7.52. The van der Waals surface area contributed by atoms with Gasteiger partial charge in [-0.25, -0.2) is 10.2 Å². The number of likely N-dealkylation sites (tertiary alicyclic amines) is 1. The number of rotatable bonds is 3. The van der Waals surface area contributed by atoms with E-state index in [1.54, 1.807) is 24.4 Å². The minimum atomic E-state index is -0.590. The number of hydrazone groups is 1. The zero-order valence-corrected chi connectivity index (χ0v) is 15.9. The minimum Gasteiger partial charge on any atom is -0.351 e. The van der Waals surface area contributed by atoms with Crippen LogP contribution < -0.4 is 11.2 Å². The Kier molecular flexibility index (Phi) is 4.17. The maximum Gasteiger partial charge on any atom is 0.323 e. The van der Waals surface area contributed by atoms with E-state index in [2.05, 4.69) is 27.6 Å². The fraction of sp³-hybridized carbons (Fsp3) is 0.227. The van der Waals surface area contributed by atoms with E-state index in [0.717, 1.165) is 25.2 Å². The van der Waals surface area contributed by atoms with Gasteiger partial charge in [0.2, 0.25) is 0 Å². The van der Waals surface area contributed by atoms with Gasteiger partial charge in [0.15, 0.2) is 0 Å². The van der Waals surface area contributed by atoms with Gasteiger partial charge in [-0.1, -0.05) is 24.3 Å². The molecule has 0 unspecified atom stereocenters. The van der Waals surface area contributed by atoms with Crippen LogP contribution in [0.25, 0.3) is 22.2 Å². The highest BCUT2D eigenvalue weighted by molar-refractivity contribution is 6.19. The predicted octanol–water partition coefficient (Wildman–Crippen LogP) is 2.91. The highest BCUT2D eigenvalue weighted by Gasteiger charge is 2.26. The SMILES string of the molecule is NC(=O)n1c(-c2cccc(CN3CCCC3)c2)c2c3c(cccc31)C(=O)NN=C2. The van der Waals surface area contributed by atoms with Gasteiger partial charge in [0.25, 0.3) is 5.91 Å². The van der Waals surface area contributed by atoms with Crippen molar-refractivity contribution in [2.24, 2.45) is 10.8 Å². The second-order valence-corrected chi connectivity index (χ2v) is 7.52. The van der Waals surface area contributed by atoms with E-state index in [1.807, 2.05) is 12.1 Å². The molecule has 0 spiro atoms. The Labute approximate surface area is 167 Å². The lowest BCUT2D eigenvalue weighted by Crippen LogP contribution is -2.21. The number of nitrogens with two attached hydrogens (primary N) is 1. The molecule has 0 aliphatic carbocycles. The molecule has 5 rings (SSSR count). The standard InChI is InChI=1S/C22H21N5O2/c23-22(29)27-18-8-4-7-16-19(18)17(12-24-25-21(16)28)20(27)15-6-3-5-14(11-15)13-26-9-1-2-10-26/h3-8,11-12H,1-2,9-10,13H2,(H2,23,29)(H,25,28). The van der Waals surface area contributed by atoms with Crippen molar-refractivity contribution in [1.82, 2.24) is 14.9 Å². The van der Waals surface area contributed by atoms with Gasteiger partial charge in [0.1, 0.15) is 0 Å². The molecular weight excluding hydrogens is 366 g/mol. The van der Waals surface area contributed by atoms with Gasteiger partial charge < -0.3 is 5.73 Å². The maximum atomic E-state index is 12.4. The summed E-state index contributed by atoms with van der Waals surface area (Å²) in [4.78, 5) is 27.3. The maximum absolute atomic E-state index is 12.4. The summed E-state index contributed by atoms with van der Waals surface area (Å²) >= 11 is 0. The number of carbonyl (C=O) groups excluding carboxylic acids is 2. The average molecular weight is 387 g/mol. The number of nitrogens with one attached hydrogen (secondary N) is 1. The van der Waals surface area contributed by atoms with Crippen molar-refractivity contribution in [3.8, 4) is 11.3 Å². The van der Waals surface area contributed by atoms with Crippen molar-refractivity contribution in [2.45, 2.75) is 19.4 Å². The van der Waals surface area contributed by atoms with Crippen molar-refractivity contribution in [1.29, 1.82) is 0 Å². The van der Waals surface area contributed by atoms with Crippen LogP contribution in [0.4, 0.5) is 4.79 Å². The lowest BCUT2D eigenvalue weighted by molar-refractivity contribution is 0.0957. The summed E-state index contributed by atoms with van der Waals surface area (Å²) < 4.78 is 1.48. The number of hydrogen-bond donors (Lipinski definition) is 2. The lowest BCUT2D eigenvalue weighted by Gasteiger charge is -2.15. The molecule has 1 saturated heterocycles. The first-order valence-electron chi connectivity index (χ1n) is 9.76. The van der Waals surface area contributed by atoms with Gasteiger partial charge >= 0.3 is 6.03 Å². The van der Waals surface area contributed by atoms with Gasteiger partial charge in [-0.15, -0.1) is 0 Å². The zero-order chi connectivity index (χ0) is 20.0. The zero-order valence-electron chi connectivity index (χ0n) is 15.9. The molecule has 0 bridgehead atoms. The molecule has 1 aromatic heterocycles. The van der Waals surface area contributed by atoms with Crippen LogP contribution in [-0.2, 0) is 6.54 Å². The van der Waals surface area contributed by atoms with Crippen LogP contribution in [0.3, 0.4) is 0 Å². The van der Waals surface area contributed by atoms with E-state index in [-0.39, 0.29) is 5.91 Å². The van der Waals surface area contributed by atoms with Gasteiger partial charge in [-0.3, -0.25) is 14.3 Å². The van der Waals surface area contributed by atoms with Crippen molar-refractivity contribution in [2.75, 3.05) is 13.1 Å². The number of benzene rings is 2. The molecule has 2 aliphatic rings. The molecule has 3 N–H and O–H groups in total. The Hall–Kier alpha value is -3.45. The molecule has 1 fully saturated rings. The largest absolute Gasteiger partial charge is 0.351 e. The number of hydrogen-bond acceptors (Lipinski definition) is 4. The van der Waals surface area contributed by atoms with Crippen LogP contribution in [0.5, 0.6) is 0 Å². The van der Waals surface area contributed by atoms with Crippen molar-refractivity contribution < 1.29 is 9.59 Å². The summed E-state index contributed by atoms with van der Waals surface area (Å²) in [5.41, 5.74) is 12.8. The van der Waals surface area contributed by atoms with Crippen LogP contribution in [0.2, 0.25) is 0 Å². The molecule has 0 atom stereocenters. The summed E-state index contributed by atoms with van der Waals surface area (Å²) in [7, 11) is 0. The quantitative estimate of drug-likeness (QED) is 0.724. The van der Waals surface area contributed by atoms with Crippen LogP contribution in [-0.4, -0.2) is 40.7 Å². The number of carbonyl (C=O) groups is 2. The molecule has 2 aromatic carbocycles. The predicted molar refractivity (Wildman–Crippen MR) is 112 cm³/mol. The fourth-order valence-corrected chi connectivity index (χ4v) is 4.43. The molecule has 3 heterocycles. The molecular formula is C22H21N5O2.